The van der Waals surface area contributed by atoms with E-state index < -0.39 is 0 Å². The maximum Gasteiger partial charge on any atom is 0.253 e. The van der Waals surface area contributed by atoms with Crippen LogP contribution in [0.2, 0.25) is 0 Å². The van der Waals surface area contributed by atoms with Crippen LogP contribution in [0.3, 0.4) is 0 Å². The van der Waals surface area contributed by atoms with Crippen LogP contribution in [0.1, 0.15) is 15.9 Å². The second-order valence-corrected chi connectivity index (χ2v) is 4.91. The van der Waals surface area contributed by atoms with Gasteiger partial charge >= 0.3 is 0 Å². The Morgan fingerprint density at radius 3 is 2.39 bits per heavy atom. The third kappa shape index (κ3) is 2.79. The highest BCUT2D eigenvalue weighted by Gasteiger charge is 2.22. The van der Waals surface area contributed by atoms with Gasteiger partial charge in [-0.25, -0.2) is 0 Å². The number of aryl methyl sites for hydroxylation is 1. The van der Waals surface area contributed by atoms with E-state index in [4.69, 9.17) is 18.0 Å². The molecule has 0 saturated carbocycles. The van der Waals surface area contributed by atoms with Crippen molar-refractivity contribution in [1.29, 1.82) is 0 Å². The van der Waals surface area contributed by atoms with Gasteiger partial charge < -0.3 is 15.5 Å². The summed E-state index contributed by atoms with van der Waals surface area (Å²) in [5, 5.41) is 0.414. The zero-order valence-electron chi connectivity index (χ0n) is 10.4. The van der Waals surface area contributed by atoms with Crippen molar-refractivity contribution < 1.29 is 4.79 Å². The number of rotatable bonds is 1. The summed E-state index contributed by atoms with van der Waals surface area (Å²) in [4.78, 5) is 16.0. The Morgan fingerprint density at radius 2 is 1.83 bits per heavy atom. The number of hydrogen-bond acceptors (Lipinski definition) is 2. The number of nitrogens with zero attached hydrogens (tertiary/aromatic N) is 2. The van der Waals surface area contributed by atoms with Crippen molar-refractivity contribution in [3.05, 3.63) is 35.4 Å². The van der Waals surface area contributed by atoms with E-state index in [1.807, 2.05) is 41.0 Å². The molecule has 1 fully saturated rings. The van der Waals surface area contributed by atoms with Gasteiger partial charge in [-0.2, -0.15) is 0 Å². The number of hydrogen-bond donors (Lipinski definition) is 1. The summed E-state index contributed by atoms with van der Waals surface area (Å²) in [7, 11) is 0. The molecule has 18 heavy (non-hydrogen) atoms. The molecule has 4 nitrogen and oxygen atoms in total. The molecular formula is C13H17N3OS. The van der Waals surface area contributed by atoms with Gasteiger partial charge in [0, 0.05) is 31.7 Å². The molecule has 0 spiro atoms. The third-order valence-corrected chi connectivity index (χ3v) is 3.40. The minimum atomic E-state index is 0.0845. The predicted octanol–water partition coefficient (Wildman–Crippen LogP) is 0.996. The van der Waals surface area contributed by atoms with E-state index in [1.165, 1.54) is 0 Å². The van der Waals surface area contributed by atoms with Gasteiger partial charge in [0.25, 0.3) is 5.91 Å². The van der Waals surface area contributed by atoms with Gasteiger partial charge in [0.05, 0.1) is 0 Å². The first-order valence-corrected chi connectivity index (χ1v) is 6.39. The van der Waals surface area contributed by atoms with Crippen molar-refractivity contribution in [2.45, 2.75) is 6.92 Å². The van der Waals surface area contributed by atoms with Crippen molar-refractivity contribution in [3.8, 4) is 0 Å². The maximum atomic E-state index is 12.3. The van der Waals surface area contributed by atoms with Crippen LogP contribution in [0.5, 0.6) is 0 Å². The summed E-state index contributed by atoms with van der Waals surface area (Å²) < 4.78 is 0. The second kappa shape index (κ2) is 5.35. The molecule has 0 bridgehead atoms. The highest BCUT2D eigenvalue weighted by atomic mass is 32.1. The predicted molar refractivity (Wildman–Crippen MR) is 75.4 cm³/mol. The molecule has 5 heteroatoms. The summed E-state index contributed by atoms with van der Waals surface area (Å²) in [6.07, 6.45) is 0. The van der Waals surface area contributed by atoms with E-state index in [-0.39, 0.29) is 5.91 Å². The fourth-order valence-corrected chi connectivity index (χ4v) is 2.27. The average molecular weight is 263 g/mol. The van der Waals surface area contributed by atoms with Gasteiger partial charge in [-0.1, -0.05) is 17.7 Å². The smallest absolute Gasteiger partial charge is 0.253 e. The largest absolute Gasteiger partial charge is 0.376 e. The van der Waals surface area contributed by atoms with Crippen LogP contribution in [0.4, 0.5) is 0 Å². The number of amides is 1. The van der Waals surface area contributed by atoms with Gasteiger partial charge in [0.1, 0.15) is 0 Å². The SMILES string of the molecule is Cc1cccc(C(=O)N2CCN(C(N)=S)CC2)c1. The maximum absolute atomic E-state index is 12.3. The Balaban J connectivity index is 2.02. The lowest BCUT2D eigenvalue weighted by Crippen LogP contribution is -2.52. The molecule has 1 aliphatic heterocycles. The van der Waals surface area contributed by atoms with Crippen LogP contribution in [0, 0.1) is 6.92 Å². The molecule has 0 aromatic heterocycles. The lowest BCUT2D eigenvalue weighted by Gasteiger charge is -2.35. The molecular weight excluding hydrogens is 246 g/mol. The van der Waals surface area contributed by atoms with Crippen molar-refractivity contribution in [2.24, 2.45) is 5.73 Å². The molecule has 1 aromatic carbocycles. The first-order valence-electron chi connectivity index (χ1n) is 5.98. The van der Waals surface area contributed by atoms with E-state index in [1.54, 1.807) is 0 Å². The van der Waals surface area contributed by atoms with E-state index in [0.717, 1.165) is 11.1 Å². The highest BCUT2D eigenvalue weighted by Crippen LogP contribution is 2.10. The number of carbonyl (C=O) groups is 1. The third-order valence-electron chi connectivity index (χ3n) is 3.14. The van der Waals surface area contributed by atoms with Crippen LogP contribution in [-0.2, 0) is 0 Å². The van der Waals surface area contributed by atoms with Gasteiger partial charge in [0.15, 0.2) is 5.11 Å². The number of thiocarbonyl (C=S) groups is 1. The first kappa shape index (κ1) is 12.8. The number of nitrogens with two attached hydrogens (primary N) is 1. The van der Waals surface area contributed by atoms with Gasteiger partial charge in [0.2, 0.25) is 0 Å². The number of piperazine rings is 1. The molecule has 1 amide bonds. The zero-order chi connectivity index (χ0) is 13.1. The molecule has 0 atom stereocenters. The zero-order valence-corrected chi connectivity index (χ0v) is 11.2. The van der Waals surface area contributed by atoms with Crippen molar-refractivity contribution in [2.75, 3.05) is 26.2 Å². The number of carbonyl (C=O) groups excluding carboxylic acids is 1. The van der Waals surface area contributed by atoms with Crippen LogP contribution >= 0.6 is 12.2 Å². The average Bonchev–Trinajstić information content (AvgIpc) is 2.38. The minimum Gasteiger partial charge on any atom is -0.376 e. The Bertz CT molecular complexity index is 467. The van der Waals surface area contributed by atoms with Crippen molar-refractivity contribution >= 4 is 23.2 Å². The number of benzene rings is 1. The Kier molecular flexibility index (Phi) is 3.81. The monoisotopic (exact) mass is 263 g/mol. The summed E-state index contributed by atoms with van der Waals surface area (Å²) in [5.41, 5.74) is 7.42. The highest BCUT2D eigenvalue weighted by molar-refractivity contribution is 7.80. The van der Waals surface area contributed by atoms with Crippen LogP contribution in [-0.4, -0.2) is 47.0 Å². The summed E-state index contributed by atoms with van der Waals surface area (Å²) in [6.45, 7) is 4.76. The summed E-state index contributed by atoms with van der Waals surface area (Å²) >= 11 is 4.93. The lowest BCUT2D eigenvalue weighted by molar-refractivity contribution is 0.0692. The second-order valence-electron chi connectivity index (χ2n) is 4.49. The van der Waals surface area contributed by atoms with Crippen molar-refractivity contribution in [1.82, 2.24) is 9.80 Å². The van der Waals surface area contributed by atoms with E-state index >= 15 is 0 Å². The molecule has 0 unspecified atom stereocenters. The normalized spacial score (nSPS) is 15.6. The lowest BCUT2D eigenvalue weighted by atomic mass is 10.1. The summed E-state index contributed by atoms with van der Waals surface area (Å²) in [6, 6.07) is 7.67. The molecule has 2 N–H and O–H groups in total. The molecule has 1 saturated heterocycles. The van der Waals surface area contributed by atoms with Gasteiger partial charge in [-0.05, 0) is 31.3 Å². The molecule has 0 aliphatic carbocycles. The molecule has 1 aliphatic rings. The standard InChI is InChI=1S/C13H17N3OS/c1-10-3-2-4-11(9-10)12(17)15-5-7-16(8-6-15)13(14)18/h2-4,9H,5-8H2,1H3,(H2,14,18). The van der Waals surface area contributed by atoms with Gasteiger partial charge in [-0.3, -0.25) is 4.79 Å². The Labute approximate surface area is 112 Å². The molecule has 2 rings (SSSR count). The van der Waals surface area contributed by atoms with Crippen LogP contribution in [0.15, 0.2) is 24.3 Å². The molecule has 1 aromatic rings. The minimum absolute atomic E-state index is 0.0845. The summed E-state index contributed by atoms with van der Waals surface area (Å²) in [5.74, 6) is 0.0845. The van der Waals surface area contributed by atoms with E-state index in [2.05, 4.69) is 0 Å². The fourth-order valence-electron chi connectivity index (χ4n) is 2.09. The van der Waals surface area contributed by atoms with Gasteiger partial charge in [-0.15, -0.1) is 0 Å². The topological polar surface area (TPSA) is 49.6 Å². The van der Waals surface area contributed by atoms with Crippen LogP contribution in [0.25, 0.3) is 0 Å². The van der Waals surface area contributed by atoms with E-state index in [0.29, 0.717) is 31.3 Å². The molecule has 0 radical (unpaired) electrons. The quantitative estimate of drug-likeness (QED) is 0.768. The Hall–Kier alpha value is -1.62. The fraction of sp³-hybridized carbons (Fsp3) is 0.385. The van der Waals surface area contributed by atoms with Crippen molar-refractivity contribution in [3.63, 3.8) is 0 Å². The molecule has 1 heterocycles. The van der Waals surface area contributed by atoms with Crippen LogP contribution < -0.4 is 5.73 Å². The van der Waals surface area contributed by atoms with E-state index in [9.17, 15) is 4.79 Å². The Morgan fingerprint density at radius 1 is 1.22 bits per heavy atom. The molecule has 96 valence electrons. The first-order chi connectivity index (χ1) is 8.58.